The first-order valence-electron chi connectivity index (χ1n) is 11.1. The van der Waals surface area contributed by atoms with Crippen LogP contribution >= 0.6 is 0 Å². The molecule has 1 unspecified atom stereocenters. The second kappa shape index (κ2) is 13.1. The predicted octanol–water partition coefficient (Wildman–Crippen LogP) is 1.36. The average molecular weight is 450 g/mol. The minimum Gasteiger partial charge on any atom is -0.493 e. The molecule has 1 aromatic rings. The van der Waals surface area contributed by atoms with Gasteiger partial charge >= 0.3 is 0 Å². The number of nitrogens with one attached hydrogen (secondary N) is 2. The second-order valence-corrected chi connectivity index (χ2v) is 8.39. The van der Waals surface area contributed by atoms with Crippen LogP contribution in [0.3, 0.4) is 0 Å². The minimum absolute atomic E-state index is 0.0414. The van der Waals surface area contributed by atoms with Crippen molar-refractivity contribution in [2.24, 2.45) is 10.9 Å². The normalized spacial score (nSPS) is 15.9. The number of nitrogens with zero attached hydrogens (tertiary/aromatic N) is 3. The summed E-state index contributed by atoms with van der Waals surface area (Å²) in [6.07, 6.45) is 0. The van der Waals surface area contributed by atoms with E-state index in [2.05, 4.69) is 40.4 Å². The largest absolute Gasteiger partial charge is 0.493 e. The summed E-state index contributed by atoms with van der Waals surface area (Å²) in [7, 11) is 6.75. The molecule has 0 spiro atoms. The van der Waals surface area contributed by atoms with Gasteiger partial charge in [-0.25, -0.2) is 4.99 Å². The summed E-state index contributed by atoms with van der Waals surface area (Å²) in [6.45, 7) is 8.83. The maximum Gasteiger partial charge on any atom is 0.243 e. The number of carbonyl (C=O) groups excluding carboxylic acids is 1. The van der Waals surface area contributed by atoms with Gasteiger partial charge in [0, 0.05) is 40.3 Å². The molecular formula is C23H39N5O4. The van der Waals surface area contributed by atoms with Crippen LogP contribution in [0.5, 0.6) is 11.5 Å². The quantitative estimate of drug-likeness (QED) is 0.412. The molecule has 1 aliphatic rings. The molecule has 1 atom stereocenters. The summed E-state index contributed by atoms with van der Waals surface area (Å²) in [6, 6.07) is 6.10. The first kappa shape index (κ1) is 25.7. The van der Waals surface area contributed by atoms with E-state index < -0.39 is 0 Å². The Morgan fingerprint density at radius 3 is 2.38 bits per heavy atom. The Bertz CT molecular complexity index is 748. The summed E-state index contributed by atoms with van der Waals surface area (Å²) in [4.78, 5) is 20.5. The molecule has 1 heterocycles. The van der Waals surface area contributed by atoms with Crippen LogP contribution in [0.1, 0.15) is 25.5 Å². The van der Waals surface area contributed by atoms with Crippen molar-refractivity contribution in [3.8, 4) is 11.5 Å². The molecule has 1 aromatic carbocycles. The van der Waals surface area contributed by atoms with E-state index in [9.17, 15) is 4.79 Å². The number of methoxy groups -OCH3 is 2. The highest BCUT2D eigenvalue weighted by Crippen LogP contribution is 2.32. The number of ether oxygens (including phenoxy) is 3. The Labute approximate surface area is 192 Å². The van der Waals surface area contributed by atoms with Gasteiger partial charge in [0.25, 0.3) is 0 Å². The number of amides is 1. The molecule has 1 aliphatic heterocycles. The van der Waals surface area contributed by atoms with E-state index in [4.69, 9.17) is 14.2 Å². The number of benzene rings is 1. The van der Waals surface area contributed by atoms with Crippen LogP contribution in [0.25, 0.3) is 0 Å². The molecule has 9 heteroatoms. The Kier molecular flexibility index (Phi) is 10.6. The standard InChI is InChI=1S/C23H39N5O4/c1-17(2)14-24-23(26-16-22(29)27(3)4)25-15-19(28-9-11-32-12-10-28)18-7-8-20(30-5)21(13-18)31-6/h7-8,13,17,19H,9-12,14-16H2,1-6H3,(H2,24,25,26). The molecule has 0 aliphatic carbocycles. The van der Waals surface area contributed by atoms with Gasteiger partial charge in [0.05, 0.1) is 33.5 Å². The third-order valence-electron chi connectivity index (χ3n) is 5.29. The zero-order chi connectivity index (χ0) is 23.5. The Morgan fingerprint density at radius 2 is 1.78 bits per heavy atom. The number of guanidine groups is 1. The molecule has 0 saturated carbocycles. The Balaban J connectivity index is 2.22. The van der Waals surface area contributed by atoms with Gasteiger partial charge in [-0.05, 0) is 23.6 Å². The molecule has 180 valence electrons. The number of aliphatic imine (C=N–C) groups is 1. The third-order valence-corrected chi connectivity index (χ3v) is 5.29. The van der Waals surface area contributed by atoms with Crippen LogP contribution in [0.2, 0.25) is 0 Å². The van der Waals surface area contributed by atoms with Gasteiger partial charge in [-0.1, -0.05) is 19.9 Å². The fraction of sp³-hybridized carbons (Fsp3) is 0.652. The van der Waals surface area contributed by atoms with Crippen LogP contribution in [0.15, 0.2) is 23.2 Å². The van der Waals surface area contributed by atoms with Crippen molar-refractivity contribution in [2.45, 2.75) is 19.9 Å². The highest BCUT2D eigenvalue weighted by Gasteiger charge is 2.24. The topological polar surface area (TPSA) is 87.7 Å². The number of hydrogen-bond donors (Lipinski definition) is 2. The third kappa shape index (κ3) is 7.87. The molecule has 0 aromatic heterocycles. The summed E-state index contributed by atoms with van der Waals surface area (Å²) >= 11 is 0. The molecule has 1 fully saturated rings. The van der Waals surface area contributed by atoms with Crippen molar-refractivity contribution in [1.29, 1.82) is 0 Å². The second-order valence-electron chi connectivity index (χ2n) is 8.39. The Morgan fingerprint density at radius 1 is 1.12 bits per heavy atom. The van der Waals surface area contributed by atoms with E-state index in [0.29, 0.717) is 43.1 Å². The van der Waals surface area contributed by atoms with Crippen LogP contribution in [-0.4, -0.2) is 95.9 Å². The monoisotopic (exact) mass is 449 g/mol. The smallest absolute Gasteiger partial charge is 0.243 e. The van der Waals surface area contributed by atoms with Crippen molar-refractivity contribution in [3.63, 3.8) is 0 Å². The van der Waals surface area contributed by atoms with Crippen molar-refractivity contribution in [3.05, 3.63) is 23.8 Å². The van der Waals surface area contributed by atoms with E-state index in [1.54, 1.807) is 33.2 Å². The van der Waals surface area contributed by atoms with E-state index in [1.807, 2.05) is 12.1 Å². The summed E-state index contributed by atoms with van der Waals surface area (Å²) in [5.74, 6) is 2.44. The van der Waals surface area contributed by atoms with Gasteiger partial charge < -0.3 is 29.7 Å². The van der Waals surface area contributed by atoms with Crippen molar-refractivity contribution < 1.29 is 19.0 Å². The fourth-order valence-electron chi connectivity index (χ4n) is 3.36. The summed E-state index contributed by atoms with van der Waals surface area (Å²) < 4.78 is 16.5. The molecule has 2 N–H and O–H groups in total. The minimum atomic E-state index is -0.0414. The predicted molar refractivity (Wildman–Crippen MR) is 127 cm³/mol. The highest BCUT2D eigenvalue weighted by molar-refractivity contribution is 5.84. The van der Waals surface area contributed by atoms with E-state index in [0.717, 1.165) is 25.2 Å². The fourth-order valence-corrected chi connectivity index (χ4v) is 3.36. The van der Waals surface area contributed by atoms with Crippen LogP contribution in [0.4, 0.5) is 0 Å². The summed E-state index contributed by atoms with van der Waals surface area (Å²) in [5, 5.41) is 6.79. The zero-order valence-corrected chi connectivity index (χ0v) is 20.3. The van der Waals surface area contributed by atoms with Gasteiger partial charge in [0.1, 0.15) is 6.54 Å². The lowest BCUT2D eigenvalue weighted by molar-refractivity contribution is -0.127. The lowest BCUT2D eigenvalue weighted by atomic mass is 10.0. The maximum absolute atomic E-state index is 12.0. The molecule has 1 saturated heterocycles. The van der Waals surface area contributed by atoms with Gasteiger partial charge in [-0.15, -0.1) is 0 Å². The molecule has 0 radical (unpaired) electrons. The summed E-state index contributed by atoms with van der Waals surface area (Å²) in [5.41, 5.74) is 1.12. The van der Waals surface area contributed by atoms with Crippen LogP contribution in [0, 0.1) is 5.92 Å². The van der Waals surface area contributed by atoms with E-state index >= 15 is 0 Å². The van der Waals surface area contributed by atoms with Gasteiger partial charge in [0.2, 0.25) is 5.91 Å². The molecule has 2 rings (SSSR count). The highest BCUT2D eigenvalue weighted by atomic mass is 16.5. The lowest BCUT2D eigenvalue weighted by Gasteiger charge is -2.35. The zero-order valence-electron chi connectivity index (χ0n) is 20.3. The van der Waals surface area contributed by atoms with E-state index in [-0.39, 0.29) is 18.5 Å². The van der Waals surface area contributed by atoms with Crippen molar-refractivity contribution in [1.82, 2.24) is 20.4 Å². The average Bonchev–Trinajstić information content (AvgIpc) is 2.80. The SMILES string of the molecule is COc1ccc(C(CNC(=NCC(=O)N(C)C)NCC(C)C)N2CCOCC2)cc1OC. The number of likely N-dealkylation sites (N-methyl/N-ethyl adjacent to an activating group) is 1. The molecule has 0 bridgehead atoms. The molecule has 1 amide bonds. The van der Waals surface area contributed by atoms with Gasteiger partial charge in [-0.2, -0.15) is 0 Å². The van der Waals surface area contributed by atoms with Gasteiger partial charge in [-0.3, -0.25) is 9.69 Å². The van der Waals surface area contributed by atoms with Crippen molar-refractivity contribution in [2.75, 3.05) is 74.3 Å². The molecular weight excluding hydrogens is 410 g/mol. The van der Waals surface area contributed by atoms with Crippen molar-refractivity contribution >= 4 is 11.9 Å². The lowest BCUT2D eigenvalue weighted by Crippen LogP contribution is -2.47. The number of morpholine rings is 1. The maximum atomic E-state index is 12.0. The number of rotatable bonds is 10. The van der Waals surface area contributed by atoms with E-state index in [1.165, 1.54) is 0 Å². The van der Waals surface area contributed by atoms with Gasteiger partial charge in [0.15, 0.2) is 17.5 Å². The van der Waals surface area contributed by atoms with Crippen LogP contribution < -0.4 is 20.1 Å². The molecule has 32 heavy (non-hydrogen) atoms. The first-order valence-corrected chi connectivity index (χ1v) is 11.1. The number of carbonyl (C=O) groups is 1. The number of hydrogen-bond acceptors (Lipinski definition) is 6. The molecule has 9 nitrogen and oxygen atoms in total. The Hall–Kier alpha value is -2.52. The first-order chi connectivity index (χ1) is 15.3. The van der Waals surface area contributed by atoms with Crippen LogP contribution in [-0.2, 0) is 9.53 Å².